The topological polar surface area (TPSA) is 29.5 Å². The maximum atomic E-state index is 10.9. The summed E-state index contributed by atoms with van der Waals surface area (Å²) in [5.74, 6) is 1.35. The zero-order valence-corrected chi connectivity index (χ0v) is 11.2. The van der Waals surface area contributed by atoms with Crippen LogP contribution in [0.1, 0.15) is 42.9 Å². The lowest BCUT2D eigenvalue weighted by molar-refractivity contribution is 0.00822. The maximum absolute atomic E-state index is 10.9. The average molecular weight is 234 g/mol. The van der Waals surface area contributed by atoms with Crippen molar-refractivity contribution < 1.29 is 9.84 Å². The summed E-state index contributed by atoms with van der Waals surface area (Å²) in [6, 6.07) is 4.13. The number of rotatable bonds is 4. The molecular weight excluding hydrogens is 212 g/mol. The van der Waals surface area contributed by atoms with E-state index in [0.29, 0.717) is 5.92 Å². The van der Waals surface area contributed by atoms with E-state index in [4.69, 9.17) is 4.74 Å². The number of aryl methyl sites for hydroxylation is 2. The normalized spacial score (nSPS) is 18.9. The van der Waals surface area contributed by atoms with E-state index in [1.807, 2.05) is 13.0 Å². The minimum Gasteiger partial charge on any atom is -0.496 e. The third-order valence-corrected chi connectivity index (χ3v) is 4.00. The smallest absolute Gasteiger partial charge is 0.122 e. The number of methoxy groups -OCH3 is 1. The Labute approximate surface area is 104 Å². The molecule has 0 saturated heterocycles. The molecule has 0 aromatic heterocycles. The van der Waals surface area contributed by atoms with Gasteiger partial charge in [0.05, 0.1) is 12.7 Å². The van der Waals surface area contributed by atoms with Gasteiger partial charge in [-0.25, -0.2) is 0 Å². The maximum Gasteiger partial charge on any atom is 0.122 e. The minimum absolute atomic E-state index is 0.444. The largest absolute Gasteiger partial charge is 0.496 e. The van der Waals surface area contributed by atoms with Gasteiger partial charge in [-0.1, -0.05) is 6.92 Å². The van der Waals surface area contributed by atoms with Crippen LogP contribution in [0.4, 0.5) is 0 Å². The fourth-order valence-electron chi connectivity index (χ4n) is 2.74. The van der Waals surface area contributed by atoms with Crippen molar-refractivity contribution in [2.75, 3.05) is 7.11 Å². The SMILES string of the molecule is CCC(O)(c1cc(C)c(OC)cc1C)C1CC1. The van der Waals surface area contributed by atoms with E-state index in [1.165, 1.54) is 0 Å². The van der Waals surface area contributed by atoms with Crippen LogP contribution < -0.4 is 4.74 Å². The third-order valence-electron chi connectivity index (χ3n) is 4.00. The van der Waals surface area contributed by atoms with Crippen LogP contribution >= 0.6 is 0 Å². The van der Waals surface area contributed by atoms with Gasteiger partial charge in [-0.3, -0.25) is 0 Å². The van der Waals surface area contributed by atoms with Gasteiger partial charge in [0.2, 0.25) is 0 Å². The molecule has 1 aliphatic rings. The molecule has 94 valence electrons. The van der Waals surface area contributed by atoms with Crippen LogP contribution in [0, 0.1) is 19.8 Å². The Morgan fingerprint density at radius 1 is 1.29 bits per heavy atom. The van der Waals surface area contributed by atoms with Gasteiger partial charge in [-0.15, -0.1) is 0 Å². The molecule has 1 unspecified atom stereocenters. The molecule has 1 aromatic rings. The van der Waals surface area contributed by atoms with Crippen molar-refractivity contribution in [3.05, 3.63) is 28.8 Å². The lowest BCUT2D eigenvalue weighted by Gasteiger charge is -2.30. The van der Waals surface area contributed by atoms with Gasteiger partial charge in [0, 0.05) is 0 Å². The minimum atomic E-state index is -0.638. The van der Waals surface area contributed by atoms with Gasteiger partial charge < -0.3 is 9.84 Å². The van der Waals surface area contributed by atoms with Crippen molar-refractivity contribution in [3.63, 3.8) is 0 Å². The van der Waals surface area contributed by atoms with Crippen LogP contribution in [0.15, 0.2) is 12.1 Å². The van der Waals surface area contributed by atoms with E-state index in [-0.39, 0.29) is 0 Å². The second-order valence-electron chi connectivity index (χ2n) is 5.19. The summed E-state index contributed by atoms with van der Waals surface area (Å²) in [6.07, 6.45) is 3.08. The van der Waals surface area contributed by atoms with Gasteiger partial charge >= 0.3 is 0 Å². The predicted octanol–water partition coefficient (Wildman–Crippen LogP) is 3.32. The summed E-state index contributed by atoms with van der Waals surface area (Å²) in [6.45, 7) is 6.16. The lowest BCUT2D eigenvalue weighted by atomic mass is 9.83. The van der Waals surface area contributed by atoms with Gasteiger partial charge in [0.1, 0.15) is 5.75 Å². The highest BCUT2D eigenvalue weighted by Gasteiger charge is 2.44. The summed E-state index contributed by atoms with van der Waals surface area (Å²) in [5.41, 5.74) is 2.67. The zero-order chi connectivity index (χ0) is 12.6. The summed E-state index contributed by atoms with van der Waals surface area (Å²) in [7, 11) is 1.69. The first-order chi connectivity index (χ1) is 8.02. The molecule has 1 atom stereocenters. The number of ether oxygens (including phenoxy) is 1. The molecule has 1 aromatic carbocycles. The van der Waals surface area contributed by atoms with E-state index in [0.717, 1.165) is 41.7 Å². The molecule has 1 aliphatic carbocycles. The molecule has 1 N–H and O–H groups in total. The Kier molecular flexibility index (Phi) is 3.17. The molecule has 0 spiro atoms. The van der Waals surface area contributed by atoms with Crippen molar-refractivity contribution in [1.82, 2.24) is 0 Å². The molecule has 2 heteroatoms. The van der Waals surface area contributed by atoms with Crippen LogP contribution in [0.3, 0.4) is 0 Å². The fourth-order valence-corrected chi connectivity index (χ4v) is 2.74. The van der Waals surface area contributed by atoms with Gasteiger partial charge in [0.15, 0.2) is 0 Å². The van der Waals surface area contributed by atoms with Gasteiger partial charge in [0.25, 0.3) is 0 Å². The average Bonchev–Trinajstić information content (AvgIpc) is 3.15. The van der Waals surface area contributed by atoms with Crippen LogP contribution in [-0.2, 0) is 5.60 Å². The molecule has 0 heterocycles. The molecular formula is C15H22O2. The van der Waals surface area contributed by atoms with Crippen LogP contribution in [0.5, 0.6) is 5.75 Å². The zero-order valence-electron chi connectivity index (χ0n) is 11.2. The number of benzene rings is 1. The highest BCUT2D eigenvalue weighted by molar-refractivity contribution is 5.44. The van der Waals surface area contributed by atoms with Crippen molar-refractivity contribution in [2.24, 2.45) is 5.92 Å². The molecule has 0 radical (unpaired) electrons. The molecule has 2 rings (SSSR count). The Bertz CT molecular complexity index is 421. The summed E-state index contributed by atoms with van der Waals surface area (Å²) < 4.78 is 5.32. The van der Waals surface area contributed by atoms with Crippen molar-refractivity contribution in [1.29, 1.82) is 0 Å². The monoisotopic (exact) mass is 234 g/mol. The van der Waals surface area contributed by atoms with Crippen molar-refractivity contribution in [3.8, 4) is 5.75 Å². The molecule has 1 saturated carbocycles. The second-order valence-corrected chi connectivity index (χ2v) is 5.19. The van der Waals surface area contributed by atoms with Crippen molar-refractivity contribution in [2.45, 2.75) is 45.6 Å². The fraction of sp³-hybridized carbons (Fsp3) is 0.600. The Morgan fingerprint density at radius 3 is 2.41 bits per heavy atom. The van der Waals surface area contributed by atoms with Crippen LogP contribution in [-0.4, -0.2) is 12.2 Å². The highest BCUT2D eigenvalue weighted by Crippen LogP contribution is 2.49. The quantitative estimate of drug-likeness (QED) is 0.866. The van der Waals surface area contributed by atoms with E-state index < -0.39 is 5.60 Å². The molecule has 17 heavy (non-hydrogen) atoms. The second kappa shape index (κ2) is 4.34. The number of hydrogen-bond acceptors (Lipinski definition) is 2. The highest BCUT2D eigenvalue weighted by atomic mass is 16.5. The number of hydrogen-bond donors (Lipinski definition) is 1. The third kappa shape index (κ3) is 2.06. The summed E-state index contributed by atoms with van der Waals surface area (Å²) in [4.78, 5) is 0. The van der Waals surface area contributed by atoms with E-state index in [2.05, 4.69) is 19.9 Å². The first-order valence-corrected chi connectivity index (χ1v) is 6.41. The van der Waals surface area contributed by atoms with Gasteiger partial charge in [-0.2, -0.15) is 0 Å². The Morgan fingerprint density at radius 2 is 1.94 bits per heavy atom. The van der Waals surface area contributed by atoms with E-state index in [9.17, 15) is 5.11 Å². The standard InChI is InChI=1S/C15H22O2/c1-5-15(16,12-6-7-12)13-8-11(3)14(17-4)9-10(13)2/h8-9,12,16H,5-7H2,1-4H3. The molecule has 0 aliphatic heterocycles. The Balaban J connectivity index is 2.47. The molecule has 0 amide bonds. The molecule has 1 fully saturated rings. The molecule has 0 bridgehead atoms. The lowest BCUT2D eigenvalue weighted by Crippen LogP contribution is -2.28. The van der Waals surface area contributed by atoms with Gasteiger partial charge in [-0.05, 0) is 67.9 Å². The summed E-state index contributed by atoms with van der Waals surface area (Å²) in [5, 5.41) is 10.9. The first-order valence-electron chi connectivity index (χ1n) is 6.41. The molecule has 2 nitrogen and oxygen atoms in total. The Hall–Kier alpha value is -1.02. The van der Waals surface area contributed by atoms with Crippen LogP contribution in [0.25, 0.3) is 0 Å². The van der Waals surface area contributed by atoms with E-state index in [1.54, 1.807) is 7.11 Å². The number of aliphatic hydroxyl groups is 1. The van der Waals surface area contributed by atoms with E-state index >= 15 is 0 Å². The summed E-state index contributed by atoms with van der Waals surface area (Å²) >= 11 is 0. The predicted molar refractivity (Wildman–Crippen MR) is 69.4 cm³/mol. The van der Waals surface area contributed by atoms with Crippen molar-refractivity contribution >= 4 is 0 Å². The first kappa shape index (κ1) is 12.4. The van der Waals surface area contributed by atoms with Crippen LogP contribution in [0.2, 0.25) is 0 Å².